The molecule has 0 nitrogen and oxygen atoms in total. The van der Waals surface area contributed by atoms with Crippen molar-refractivity contribution in [2.45, 2.75) is 20.3 Å². The van der Waals surface area contributed by atoms with E-state index >= 15 is 0 Å². The Labute approximate surface area is 286 Å². The van der Waals surface area contributed by atoms with E-state index < -0.39 is 15.2 Å². The summed E-state index contributed by atoms with van der Waals surface area (Å²) in [5.74, 6) is 0. The number of fused-ring (bicyclic) bond motifs is 2. The molecule has 1 radical (unpaired) electrons. The van der Waals surface area contributed by atoms with E-state index in [2.05, 4.69) is 190 Å². The molecule has 0 N–H and O–H groups in total. The molecule has 8 rings (SSSR count). The van der Waals surface area contributed by atoms with Gasteiger partial charge in [0, 0.05) is 5.66 Å². The fourth-order valence-electron chi connectivity index (χ4n) is 6.99. The first-order valence-electron chi connectivity index (χ1n) is 16.7. The van der Waals surface area contributed by atoms with Crippen LogP contribution in [0.3, 0.4) is 0 Å². The summed E-state index contributed by atoms with van der Waals surface area (Å²) in [4.78, 5) is 0. The molecule has 0 aromatic heterocycles. The van der Waals surface area contributed by atoms with Crippen LogP contribution in [0.5, 0.6) is 0 Å². The van der Waals surface area contributed by atoms with Crippen LogP contribution >= 0.6 is 15.2 Å². The van der Waals surface area contributed by atoms with E-state index in [0.29, 0.717) is 0 Å². The summed E-state index contributed by atoms with van der Waals surface area (Å²) in [7, 11) is -1.62. The Morgan fingerprint density at radius 2 is 0.958 bits per heavy atom. The maximum Gasteiger partial charge on any atom is 0.0427 e. The highest BCUT2D eigenvalue weighted by atomic mass is 32.1. The molecular formula is C46H37P2. The Hall–Kier alpha value is -4.60. The van der Waals surface area contributed by atoms with Crippen molar-refractivity contribution in [2.75, 3.05) is 0 Å². The first-order chi connectivity index (χ1) is 23.6. The molecule has 0 saturated carbocycles. The summed E-state index contributed by atoms with van der Waals surface area (Å²) >= 11 is 0. The highest BCUT2D eigenvalue weighted by Crippen LogP contribution is 2.76. The van der Waals surface area contributed by atoms with Crippen molar-refractivity contribution in [1.82, 2.24) is 0 Å². The fourth-order valence-corrected chi connectivity index (χ4v) is 15.2. The van der Waals surface area contributed by atoms with Gasteiger partial charge in [-0.2, -0.15) is 0 Å². The number of aryl methyl sites for hydroxylation is 1. The summed E-state index contributed by atoms with van der Waals surface area (Å²) < 4.78 is 0. The largest absolute Gasteiger partial charge is 0.0829 e. The molecule has 1 aliphatic carbocycles. The van der Waals surface area contributed by atoms with Crippen molar-refractivity contribution in [2.24, 2.45) is 0 Å². The average Bonchev–Trinajstić information content (AvgIpc) is 3.14. The van der Waals surface area contributed by atoms with Crippen LogP contribution in [-0.4, -0.2) is 0 Å². The molecule has 0 saturated heterocycles. The van der Waals surface area contributed by atoms with Crippen LogP contribution in [0.15, 0.2) is 182 Å². The van der Waals surface area contributed by atoms with Crippen LogP contribution in [0.4, 0.5) is 0 Å². The second-order valence-corrected chi connectivity index (χ2v) is 18.3. The van der Waals surface area contributed by atoms with Gasteiger partial charge in [-0.1, -0.05) is 164 Å². The molecule has 0 heterocycles. The van der Waals surface area contributed by atoms with Crippen molar-refractivity contribution in [1.29, 1.82) is 0 Å². The predicted octanol–water partition coefficient (Wildman–Crippen LogP) is 12.1. The van der Waals surface area contributed by atoms with Gasteiger partial charge in [0.05, 0.1) is 0 Å². The normalized spacial score (nSPS) is 14.8. The second-order valence-electron chi connectivity index (χ2n) is 12.5. The fraction of sp³-hybridized carbons (Fsp3) is 0.0652. The molecular weight excluding hydrogens is 614 g/mol. The molecule has 0 bridgehead atoms. The van der Waals surface area contributed by atoms with Gasteiger partial charge in [-0.25, -0.2) is 0 Å². The van der Waals surface area contributed by atoms with E-state index in [-0.39, 0.29) is 0 Å². The zero-order chi connectivity index (χ0) is 32.5. The van der Waals surface area contributed by atoms with Gasteiger partial charge in [0.15, 0.2) is 0 Å². The number of hydrogen-bond acceptors (Lipinski definition) is 0. The molecule has 0 fully saturated rings. The Kier molecular flexibility index (Phi) is 8.63. The Balaban J connectivity index is 1.38. The SMILES string of the molecule is CC1=C(c2ccccc2C)[C](P(c2ccc3ccccc3c2)P(c2ccc(-c3ccccc3)cc2)c2ccc3ccccc3c2)CC=C1. The lowest BCUT2D eigenvalue weighted by Crippen LogP contribution is -2.19. The minimum Gasteiger partial charge on any atom is -0.0829 e. The van der Waals surface area contributed by atoms with Crippen LogP contribution in [0.1, 0.15) is 24.5 Å². The molecule has 0 spiro atoms. The molecule has 7 aromatic carbocycles. The molecule has 0 aliphatic heterocycles. The third kappa shape index (κ3) is 5.97. The molecule has 0 amide bonds. The van der Waals surface area contributed by atoms with E-state index in [1.165, 1.54) is 70.9 Å². The van der Waals surface area contributed by atoms with Crippen LogP contribution in [0, 0.1) is 12.6 Å². The average molecular weight is 652 g/mol. The third-order valence-corrected chi connectivity index (χ3v) is 17.0. The molecule has 48 heavy (non-hydrogen) atoms. The van der Waals surface area contributed by atoms with Gasteiger partial charge >= 0.3 is 0 Å². The zero-order valence-corrected chi connectivity index (χ0v) is 29.1. The van der Waals surface area contributed by atoms with E-state index in [0.717, 1.165) is 6.42 Å². The molecule has 2 unspecified atom stereocenters. The second kappa shape index (κ2) is 13.5. The van der Waals surface area contributed by atoms with Crippen molar-refractivity contribution in [3.05, 3.63) is 198 Å². The first kappa shape index (κ1) is 30.7. The van der Waals surface area contributed by atoms with Crippen LogP contribution in [0.2, 0.25) is 0 Å². The smallest absolute Gasteiger partial charge is 0.0427 e. The van der Waals surface area contributed by atoms with E-state index in [4.69, 9.17) is 0 Å². The molecule has 2 atom stereocenters. The lowest BCUT2D eigenvalue weighted by molar-refractivity contribution is 1.19. The van der Waals surface area contributed by atoms with Crippen LogP contribution < -0.4 is 15.9 Å². The maximum atomic E-state index is 2.49. The lowest BCUT2D eigenvalue weighted by atomic mass is 9.89. The standard InChI is InChI=1S/C46H37P2/c1-33-13-6-11-21-44(33)46-34(2)14-12-22-45(46)48(43-30-26-37-18-8-10-20-40(37)32-43)47(42-29-25-36-17-7-9-19-39(36)31-42)41-27-23-38(24-28-41)35-15-4-3-5-16-35/h3-21,23-32H,22H2,1-2H3. The van der Waals surface area contributed by atoms with Crippen molar-refractivity contribution < 1.29 is 0 Å². The van der Waals surface area contributed by atoms with Gasteiger partial charge in [0.1, 0.15) is 0 Å². The van der Waals surface area contributed by atoms with E-state index in [1.54, 1.807) is 5.66 Å². The number of benzene rings is 7. The van der Waals surface area contributed by atoms with Gasteiger partial charge in [-0.3, -0.25) is 0 Å². The highest BCUT2D eigenvalue weighted by molar-refractivity contribution is 8.40. The first-order valence-corrected chi connectivity index (χ1v) is 20.1. The summed E-state index contributed by atoms with van der Waals surface area (Å²) in [6, 6.07) is 61.3. The minimum absolute atomic E-state index is 0.809. The van der Waals surface area contributed by atoms with Gasteiger partial charge < -0.3 is 0 Å². The molecule has 231 valence electrons. The number of rotatable bonds is 7. The van der Waals surface area contributed by atoms with Crippen molar-refractivity contribution in [3.8, 4) is 11.1 Å². The Bertz CT molecular complexity index is 2300. The Morgan fingerprint density at radius 1 is 0.438 bits per heavy atom. The molecule has 1 aliphatic rings. The molecule has 2 heteroatoms. The summed E-state index contributed by atoms with van der Waals surface area (Å²) in [5, 5.41) is 9.48. The summed E-state index contributed by atoms with van der Waals surface area (Å²) in [6.07, 6.45) is 5.69. The van der Waals surface area contributed by atoms with Crippen molar-refractivity contribution >= 4 is 58.3 Å². The van der Waals surface area contributed by atoms with Gasteiger partial charge in [-0.15, -0.1) is 0 Å². The Morgan fingerprint density at radius 3 is 1.60 bits per heavy atom. The van der Waals surface area contributed by atoms with Crippen LogP contribution in [-0.2, 0) is 0 Å². The van der Waals surface area contributed by atoms with Gasteiger partial charge in [-0.05, 0) is 118 Å². The maximum absolute atomic E-state index is 2.49. The quantitative estimate of drug-likeness (QED) is 0.151. The minimum atomic E-state index is -0.812. The van der Waals surface area contributed by atoms with Gasteiger partial charge in [0.25, 0.3) is 0 Å². The monoisotopic (exact) mass is 651 g/mol. The number of allylic oxidation sites excluding steroid dienone is 4. The zero-order valence-electron chi connectivity index (χ0n) is 27.3. The van der Waals surface area contributed by atoms with Gasteiger partial charge in [0.2, 0.25) is 0 Å². The van der Waals surface area contributed by atoms with E-state index in [9.17, 15) is 0 Å². The summed E-state index contributed by atoms with van der Waals surface area (Å²) in [5.41, 5.74) is 9.55. The summed E-state index contributed by atoms with van der Waals surface area (Å²) in [6.45, 7) is 4.57. The van der Waals surface area contributed by atoms with Crippen LogP contribution in [0.25, 0.3) is 38.2 Å². The number of hydrogen-bond donors (Lipinski definition) is 0. The highest BCUT2D eigenvalue weighted by Gasteiger charge is 2.37. The topological polar surface area (TPSA) is 0 Å². The van der Waals surface area contributed by atoms with Crippen molar-refractivity contribution in [3.63, 3.8) is 0 Å². The predicted molar refractivity (Wildman–Crippen MR) is 213 cm³/mol. The molecule has 7 aromatic rings. The lowest BCUT2D eigenvalue weighted by Gasteiger charge is -2.38. The van der Waals surface area contributed by atoms with E-state index in [1.807, 2.05) is 0 Å². The third-order valence-electron chi connectivity index (χ3n) is 9.41.